The van der Waals surface area contributed by atoms with E-state index in [2.05, 4.69) is 21.3 Å². The number of rotatable bonds is 6. The Kier molecular flexibility index (Phi) is 12.1. The molecule has 0 aliphatic carbocycles. The third kappa shape index (κ3) is 7.61. The first kappa shape index (κ1) is 26.5. The zero-order valence-electron chi connectivity index (χ0n) is 16.8. The van der Waals surface area contributed by atoms with Crippen molar-refractivity contribution in [3.63, 3.8) is 0 Å². The second kappa shape index (κ2) is 13.7. The summed E-state index contributed by atoms with van der Waals surface area (Å²) < 4.78 is 29.8. The predicted molar refractivity (Wildman–Crippen MR) is 121 cm³/mol. The summed E-state index contributed by atoms with van der Waals surface area (Å²) in [4.78, 5) is 0.143. The number of benzene rings is 3. The quantitative estimate of drug-likeness (QED) is 0.252. The van der Waals surface area contributed by atoms with Crippen molar-refractivity contribution in [3.05, 3.63) is 119 Å². The van der Waals surface area contributed by atoms with Gasteiger partial charge in [0.2, 0.25) is 0 Å². The van der Waals surface area contributed by atoms with E-state index in [9.17, 15) is 8.42 Å². The first-order valence-electron chi connectivity index (χ1n) is 9.16. The van der Waals surface area contributed by atoms with E-state index in [1.165, 1.54) is 0 Å². The molecule has 2 atom stereocenters. The van der Waals surface area contributed by atoms with Crippen molar-refractivity contribution in [2.24, 2.45) is 0 Å². The summed E-state index contributed by atoms with van der Waals surface area (Å²) in [5, 5.41) is 0. The minimum atomic E-state index is -3.87. The van der Waals surface area contributed by atoms with Crippen LogP contribution >= 0.6 is 9.69 Å². The molecular formula is C23H25ClN2O2RuS. The van der Waals surface area contributed by atoms with E-state index in [1.807, 2.05) is 84.9 Å². The van der Waals surface area contributed by atoms with Gasteiger partial charge in [0.1, 0.15) is 10.0 Å². The van der Waals surface area contributed by atoms with Crippen LogP contribution in [-0.4, -0.2) is 8.42 Å². The molecule has 3 aromatic carbocycles. The monoisotopic (exact) mass is 530 g/mol. The van der Waals surface area contributed by atoms with Crippen LogP contribution in [0.25, 0.3) is 10.5 Å². The van der Waals surface area contributed by atoms with Crippen molar-refractivity contribution >= 4 is 19.7 Å². The Morgan fingerprint density at radius 1 is 0.833 bits per heavy atom. The van der Waals surface area contributed by atoms with Gasteiger partial charge in [0.25, 0.3) is 0 Å². The average Bonchev–Trinajstić information content (AvgIpc) is 2.81. The van der Waals surface area contributed by atoms with Gasteiger partial charge < -0.3 is 17.4 Å². The summed E-state index contributed by atoms with van der Waals surface area (Å²) in [6, 6.07) is 23.3. The van der Waals surface area contributed by atoms with Crippen LogP contribution in [0.2, 0.25) is 0 Å². The molecule has 0 amide bonds. The van der Waals surface area contributed by atoms with E-state index in [-0.39, 0.29) is 4.90 Å². The zero-order chi connectivity index (χ0) is 22.6. The Balaban J connectivity index is 0.00000106. The molecule has 0 saturated carbocycles. The van der Waals surface area contributed by atoms with Crippen LogP contribution in [0, 0.1) is 13.8 Å². The Morgan fingerprint density at radius 3 is 1.73 bits per heavy atom. The first-order chi connectivity index (χ1) is 14.5. The number of halogens is 1. The fourth-order valence-corrected chi connectivity index (χ4v) is 3.87. The van der Waals surface area contributed by atoms with E-state index >= 15 is 0 Å². The standard InChI is InChI=1S/C21H20N2O2S.C2H5.ClH.Ru/c1-16-12-14-19(15-13-16)26(24,25)23-21(18-10-6-3-7-11-18)20(22)17-8-4-2-5-9-17;1-2;;/h2-15,20-22H,1H3;1H2,2H3;1H;/q-2;-1;;+4/p-1/t20-,21-;;;/m0.../s1. The summed E-state index contributed by atoms with van der Waals surface area (Å²) >= 11 is 1.82. The van der Waals surface area contributed by atoms with Crippen LogP contribution in [0.1, 0.15) is 35.7 Å². The first-order valence-corrected chi connectivity index (χ1v) is 12.8. The van der Waals surface area contributed by atoms with Crippen LogP contribution in [0.5, 0.6) is 0 Å². The van der Waals surface area contributed by atoms with Gasteiger partial charge in [-0.2, -0.15) is 6.92 Å². The number of nitrogens with zero attached hydrogens (tertiary/aromatic N) is 1. The van der Waals surface area contributed by atoms with Crippen LogP contribution in [0.4, 0.5) is 0 Å². The van der Waals surface area contributed by atoms with Gasteiger partial charge in [0, 0.05) is 4.90 Å². The maximum atomic E-state index is 12.8. The fourth-order valence-electron chi connectivity index (χ4n) is 2.73. The van der Waals surface area contributed by atoms with E-state index in [0.29, 0.717) is 5.56 Å². The summed E-state index contributed by atoms with van der Waals surface area (Å²) in [6.45, 7) is 6.90. The zero-order valence-corrected chi connectivity index (χ0v) is 20.2. The van der Waals surface area contributed by atoms with Crippen molar-refractivity contribution in [1.82, 2.24) is 0 Å². The number of aryl methyl sites for hydroxylation is 1. The molecule has 0 unspecified atom stereocenters. The topological polar surface area (TPSA) is 72.0 Å². The van der Waals surface area contributed by atoms with E-state index < -0.39 is 22.1 Å². The summed E-state index contributed by atoms with van der Waals surface area (Å²) in [5.41, 5.74) is 11.0. The second-order valence-corrected chi connectivity index (χ2v) is 7.77. The minimum absolute atomic E-state index is 0.143. The number of nitrogens with one attached hydrogen (secondary N) is 1. The van der Waals surface area contributed by atoms with Crippen LogP contribution in [0.15, 0.2) is 89.8 Å². The molecule has 0 bridgehead atoms. The third-order valence-corrected chi connectivity index (χ3v) is 5.56. The second-order valence-electron chi connectivity index (χ2n) is 6.14. The van der Waals surface area contributed by atoms with Gasteiger partial charge in [-0.05, 0) is 19.1 Å². The molecule has 30 heavy (non-hydrogen) atoms. The molecule has 7 heteroatoms. The van der Waals surface area contributed by atoms with Crippen molar-refractivity contribution in [1.29, 1.82) is 0 Å². The fraction of sp³-hybridized carbons (Fsp3) is 0.174. The maximum absolute atomic E-state index is 12.8. The molecule has 4 nitrogen and oxygen atoms in total. The van der Waals surface area contributed by atoms with Gasteiger partial charge in [0.05, 0.1) is 0 Å². The molecule has 0 aliphatic rings. The van der Waals surface area contributed by atoms with Gasteiger partial charge in [-0.1, -0.05) is 89.5 Å². The van der Waals surface area contributed by atoms with E-state index in [4.69, 9.17) is 5.73 Å². The molecule has 0 aliphatic heterocycles. The molecule has 3 rings (SSSR count). The molecule has 0 spiro atoms. The SMILES string of the molecule is Cc1ccc(S(=O)(=O)[N-][C@@H](c2ccccc2)[C@@H]([NH-])c2ccccc2)cc1.[CH2-]C.[Cl][Ru+3]. The van der Waals surface area contributed by atoms with Crippen molar-refractivity contribution in [3.8, 4) is 0 Å². The molecule has 160 valence electrons. The molecule has 0 radical (unpaired) electrons. The normalized spacial score (nSPS) is 12.4. The van der Waals surface area contributed by atoms with Crippen LogP contribution in [0.3, 0.4) is 0 Å². The summed E-state index contributed by atoms with van der Waals surface area (Å²) in [5.74, 6) is 0. The Morgan fingerprint density at radius 2 is 1.27 bits per heavy atom. The number of hydrogen-bond donors (Lipinski definition) is 0. The summed E-state index contributed by atoms with van der Waals surface area (Å²) in [6.07, 6.45) is 0. The third-order valence-electron chi connectivity index (χ3n) is 4.19. The predicted octanol–water partition coefficient (Wildman–Crippen LogP) is 7.12. The molecule has 0 saturated heterocycles. The van der Waals surface area contributed by atoms with E-state index in [1.54, 1.807) is 31.2 Å². The Labute approximate surface area is 194 Å². The van der Waals surface area contributed by atoms with Gasteiger partial charge >= 0.3 is 27.0 Å². The van der Waals surface area contributed by atoms with Crippen molar-refractivity contribution in [2.75, 3.05) is 0 Å². The molecule has 1 N–H and O–H groups in total. The number of sulfonamides is 1. The molecule has 0 aromatic heterocycles. The Bertz CT molecular complexity index is 954. The molecule has 0 heterocycles. The van der Waals surface area contributed by atoms with E-state index in [0.717, 1.165) is 11.1 Å². The average molecular weight is 530 g/mol. The van der Waals surface area contributed by atoms with Gasteiger partial charge in [0.15, 0.2) is 0 Å². The van der Waals surface area contributed by atoms with Crippen molar-refractivity contribution < 1.29 is 25.7 Å². The number of hydrogen-bond acceptors (Lipinski definition) is 2. The van der Waals surface area contributed by atoms with Crippen LogP contribution in [-0.2, 0) is 27.3 Å². The Hall–Kier alpha value is -1.56. The van der Waals surface area contributed by atoms with Crippen molar-refractivity contribution in [2.45, 2.75) is 30.8 Å². The molecule has 0 fully saturated rings. The van der Waals surface area contributed by atoms with Gasteiger partial charge in [-0.25, -0.2) is 8.42 Å². The van der Waals surface area contributed by atoms with Gasteiger partial charge in [-0.3, -0.25) is 0 Å². The van der Waals surface area contributed by atoms with Crippen LogP contribution < -0.4 is 0 Å². The van der Waals surface area contributed by atoms with Gasteiger partial charge in [-0.15, -0.1) is 12.1 Å². The molecule has 3 aromatic rings. The summed E-state index contributed by atoms with van der Waals surface area (Å²) in [7, 11) is 0.696. The molecular weight excluding hydrogens is 505 g/mol.